The van der Waals surface area contributed by atoms with Crippen molar-refractivity contribution >= 4 is 27.5 Å². The number of hydrogen-bond acceptors (Lipinski definition) is 2. The second kappa shape index (κ2) is 8.92. The molecule has 1 rings (SSSR count). The summed E-state index contributed by atoms with van der Waals surface area (Å²) in [5, 5.41) is 1.48. The molecule has 102 valence electrons. The first-order valence-corrected chi connectivity index (χ1v) is 7.64. The van der Waals surface area contributed by atoms with E-state index in [1.807, 2.05) is 24.3 Å². The molecule has 0 aromatic heterocycles. The van der Waals surface area contributed by atoms with Gasteiger partial charge in [0.1, 0.15) is 0 Å². The molecule has 1 atom stereocenters. The van der Waals surface area contributed by atoms with E-state index < -0.39 is 0 Å². The zero-order valence-corrected chi connectivity index (χ0v) is 13.2. The Bertz CT molecular complexity index is 344. The standard InChI is InChI=1S/C14H20BrClO2/c1-11(2)10-17-6-7-18-14(9-15)12-4-3-5-13(16)8-12/h3-5,8,11,14H,6-7,9-10H2,1-2H3. The van der Waals surface area contributed by atoms with Crippen LogP contribution in [0.3, 0.4) is 0 Å². The van der Waals surface area contributed by atoms with Crippen LogP contribution in [0.25, 0.3) is 0 Å². The summed E-state index contributed by atoms with van der Waals surface area (Å²) in [5.41, 5.74) is 1.09. The van der Waals surface area contributed by atoms with Gasteiger partial charge in [0.15, 0.2) is 0 Å². The zero-order valence-electron chi connectivity index (χ0n) is 10.9. The Balaban J connectivity index is 2.34. The van der Waals surface area contributed by atoms with Gasteiger partial charge in [-0.15, -0.1) is 0 Å². The fourth-order valence-corrected chi connectivity index (χ4v) is 2.26. The molecule has 0 amide bonds. The zero-order chi connectivity index (χ0) is 13.4. The van der Waals surface area contributed by atoms with Crippen molar-refractivity contribution in [3.05, 3.63) is 34.9 Å². The Hall–Kier alpha value is -0.0900. The van der Waals surface area contributed by atoms with Crippen LogP contribution in [0.15, 0.2) is 24.3 Å². The highest BCUT2D eigenvalue weighted by molar-refractivity contribution is 9.09. The van der Waals surface area contributed by atoms with Crippen LogP contribution in [0.2, 0.25) is 5.02 Å². The van der Waals surface area contributed by atoms with Crippen molar-refractivity contribution in [1.82, 2.24) is 0 Å². The second-order valence-electron chi connectivity index (χ2n) is 4.54. The fraction of sp³-hybridized carbons (Fsp3) is 0.571. The lowest BCUT2D eigenvalue weighted by Crippen LogP contribution is -2.12. The predicted octanol–water partition coefficient (Wildman–Crippen LogP) is 4.47. The predicted molar refractivity (Wildman–Crippen MR) is 79.6 cm³/mol. The topological polar surface area (TPSA) is 18.5 Å². The van der Waals surface area contributed by atoms with E-state index in [2.05, 4.69) is 29.8 Å². The van der Waals surface area contributed by atoms with Crippen LogP contribution in [0.1, 0.15) is 25.5 Å². The van der Waals surface area contributed by atoms with Gasteiger partial charge in [-0.05, 0) is 23.6 Å². The third kappa shape index (κ3) is 6.19. The summed E-state index contributed by atoms with van der Waals surface area (Å²) in [5.74, 6) is 0.560. The minimum atomic E-state index is 0.0198. The Kier molecular flexibility index (Phi) is 7.91. The number of ether oxygens (including phenoxy) is 2. The molecule has 0 saturated heterocycles. The van der Waals surface area contributed by atoms with Crippen LogP contribution in [0, 0.1) is 5.92 Å². The molecule has 1 aromatic rings. The highest BCUT2D eigenvalue weighted by atomic mass is 79.9. The highest BCUT2D eigenvalue weighted by Crippen LogP contribution is 2.22. The van der Waals surface area contributed by atoms with Crippen molar-refractivity contribution in [1.29, 1.82) is 0 Å². The normalized spacial score (nSPS) is 12.9. The third-order valence-electron chi connectivity index (χ3n) is 2.36. The molecule has 0 aliphatic carbocycles. The van der Waals surface area contributed by atoms with Gasteiger partial charge in [0.25, 0.3) is 0 Å². The lowest BCUT2D eigenvalue weighted by Gasteiger charge is -2.16. The lowest BCUT2D eigenvalue weighted by atomic mass is 10.1. The summed E-state index contributed by atoms with van der Waals surface area (Å²) < 4.78 is 11.3. The maximum Gasteiger partial charge on any atom is 0.0923 e. The molecule has 0 saturated carbocycles. The van der Waals surface area contributed by atoms with E-state index in [9.17, 15) is 0 Å². The first-order valence-electron chi connectivity index (χ1n) is 6.14. The summed E-state index contributed by atoms with van der Waals surface area (Å²) in [6.45, 7) is 6.26. The molecule has 4 heteroatoms. The molecule has 0 heterocycles. The SMILES string of the molecule is CC(C)COCCOC(CBr)c1cccc(Cl)c1. The first kappa shape index (κ1) is 16.0. The van der Waals surface area contributed by atoms with Gasteiger partial charge in [-0.25, -0.2) is 0 Å². The van der Waals surface area contributed by atoms with Crippen molar-refractivity contribution in [3.8, 4) is 0 Å². The van der Waals surface area contributed by atoms with E-state index in [-0.39, 0.29) is 6.10 Å². The third-order valence-corrected chi connectivity index (χ3v) is 3.18. The summed E-state index contributed by atoms with van der Waals surface area (Å²) in [7, 11) is 0. The summed E-state index contributed by atoms with van der Waals surface area (Å²) in [6.07, 6.45) is 0.0198. The molecule has 0 N–H and O–H groups in total. The summed E-state index contributed by atoms with van der Waals surface area (Å²) in [4.78, 5) is 0. The molecular formula is C14H20BrClO2. The number of halogens is 2. The Morgan fingerprint density at radius 1 is 1.28 bits per heavy atom. The number of hydrogen-bond donors (Lipinski definition) is 0. The van der Waals surface area contributed by atoms with Crippen LogP contribution in [-0.4, -0.2) is 25.2 Å². The number of rotatable bonds is 8. The van der Waals surface area contributed by atoms with E-state index in [1.54, 1.807) is 0 Å². The molecule has 0 radical (unpaired) electrons. The molecule has 0 bridgehead atoms. The van der Waals surface area contributed by atoms with Gasteiger partial charge >= 0.3 is 0 Å². The van der Waals surface area contributed by atoms with Crippen molar-refractivity contribution < 1.29 is 9.47 Å². The first-order chi connectivity index (χ1) is 8.63. The van der Waals surface area contributed by atoms with Gasteiger partial charge in [-0.3, -0.25) is 0 Å². The summed E-state index contributed by atoms with van der Waals surface area (Å²) >= 11 is 9.43. The van der Waals surface area contributed by atoms with E-state index in [4.69, 9.17) is 21.1 Å². The lowest BCUT2D eigenvalue weighted by molar-refractivity contribution is 0.00761. The average Bonchev–Trinajstić information content (AvgIpc) is 2.33. The van der Waals surface area contributed by atoms with Crippen molar-refractivity contribution in [2.45, 2.75) is 20.0 Å². The van der Waals surface area contributed by atoms with Crippen LogP contribution in [0.4, 0.5) is 0 Å². The molecule has 18 heavy (non-hydrogen) atoms. The average molecular weight is 336 g/mol. The highest BCUT2D eigenvalue weighted by Gasteiger charge is 2.10. The van der Waals surface area contributed by atoms with Crippen molar-refractivity contribution in [3.63, 3.8) is 0 Å². The minimum Gasteiger partial charge on any atom is -0.379 e. The molecule has 2 nitrogen and oxygen atoms in total. The number of benzene rings is 1. The van der Waals surface area contributed by atoms with Crippen molar-refractivity contribution in [2.24, 2.45) is 5.92 Å². The van der Waals surface area contributed by atoms with Gasteiger partial charge in [-0.1, -0.05) is 53.5 Å². The Labute approximate surface area is 123 Å². The smallest absolute Gasteiger partial charge is 0.0923 e. The van der Waals surface area contributed by atoms with E-state index in [0.717, 1.165) is 22.5 Å². The van der Waals surface area contributed by atoms with E-state index in [1.165, 1.54) is 0 Å². The molecule has 0 aliphatic rings. The van der Waals surface area contributed by atoms with Crippen LogP contribution in [-0.2, 0) is 9.47 Å². The number of alkyl halides is 1. The van der Waals surface area contributed by atoms with Crippen LogP contribution in [0.5, 0.6) is 0 Å². The van der Waals surface area contributed by atoms with Gasteiger partial charge in [-0.2, -0.15) is 0 Å². The fourth-order valence-electron chi connectivity index (χ4n) is 1.51. The van der Waals surface area contributed by atoms with E-state index >= 15 is 0 Å². The minimum absolute atomic E-state index is 0.0198. The molecular weight excluding hydrogens is 316 g/mol. The molecule has 0 spiro atoms. The van der Waals surface area contributed by atoms with Gasteiger partial charge < -0.3 is 9.47 Å². The largest absolute Gasteiger partial charge is 0.379 e. The Morgan fingerprint density at radius 2 is 2.06 bits per heavy atom. The molecule has 0 aliphatic heterocycles. The maximum absolute atomic E-state index is 5.97. The van der Waals surface area contributed by atoms with Gasteiger partial charge in [0, 0.05) is 17.0 Å². The van der Waals surface area contributed by atoms with Crippen molar-refractivity contribution in [2.75, 3.05) is 25.2 Å². The van der Waals surface area contributed by atoms with Gasteiger partial charge in [0.05, 0.1) is 19.3 Å². The quantitative estimate of drug-likeness (QED) is 0.515. The van der Waals surface area contributed by atoms with Gasteiger partial charge in [0.2, 0.25) is 0 Å². The Morgan fingerprint density at radius 3 is 2.67 bits per heavy atom. The molecule has 0 fully saturated rings. The van der Waals surface area contributed by atoms with Crippen LogP contribution >= 0.6 is 27.5 Å². The van der Waals surface area contributed by atoms with E-state index in [0.29, 0.717) is 19.1 Å². The molecule has 1 unspecified atom stereocenters. The summed E-state index contributed by atoms with van der Waals surface area (Å²) in [6, 6.07) is 7.75. The molecule has 1 aromatic carbocycles. The van der Waals surface area contributed by atoms with Crippen LogP contribution < -0.4 is 0 Å². The second-order valence-corrected chi connectivity index (χ2v) is 5.62. The monoisotopic (exact) mass is 334 g/mol. The maximum atomic E-state index is 5.97.